The molecule has 2 aliphatic carbocycles. The third-order valence-corrected chi connectivity index (χ3v) is 5.80. The Bertz CT molecular complexity index is 716. The minimum Gasteiger partial charge on any atom is -0.481 e. The lowest BCUT2D eigenvalue weighted by atomic mass is 9.78. The molecule has 0 radical (unpaired) electrons. The maximum Gasteiger partial charge on any atom is 0.514 e. The predicted molar refractivity (Wildman–Crippen MR) is 86.1 cm³/mol. The molecule has 6 unspecified atom stereocenters. The zero-order chi connectivity index (χ0) is 17.0. The van der Waals surface area contributed by atoms with E-state index in [9.17, 15) is 19.5 Å². The molecular formula is C16H13IO7. The van der Waals surface area contributed by atoms with Crippen LogP contribution in [0.5, 0.6) is 5.75 Å². The first-order valence-electron chi connectivity index (χ1n) is 7.53. The van der Waals surface area contributed by atoms with Crippen LogP contribution in [0.15, 0.2) is 24.3 Å². The second-order valence-corrected chi connectivity index (χ2v) is 7.49. The highest BCUT2D eigenvalue weighted by atomic mass is 127. The number of rotatable bonds is 3. The number of aliphatic carboxylic acids is 1. The van der Waals surface area contributed by atoms with Crippen molar-refractivity contribution in [1.82, 2.24) is 0 Å². The Hall–Kier alpha value is -1.84. The molecule has 2 bridgehead atoms. The summed E-state index contributed by atoms with van der Waals surface area (Å²) < 4.78 is 16.7. The van der Waals surface area contributed by atoms with Crippen LogP contribution in [0.4, 0.5) is 4.79 Å². The van der Waals surface area contributed by atoms with Gasteiger partial charge in [0, 0.05) is 15.4 Å². The number of carbonyl (C=O) groups excluding carboxylic acids is 2. The van der Waals surface area contributed by atoms with Gasteiger partial charge in [-0.3, -0.25) is 9.59 Å². The third-order valence-electron chi connectivity index (χ3n) is 5.08. The molecule has 4 rings (SSSR count). The van der Waals surface area contributed by atoms with E-state index in [1.807, 2.05) is 0 Å². The first kappa shape index (κ1) is 15.7. The minimum absolute atomic E-state index is 0.195. The van der Waals surface area contributed by atoms with Crippen LogP contribution < -0.4 is 4.74 Å². The number of hydrogen-bond acceptors (Lipinski definition) is 6. The molecule has 2 saturated carbocycles. The number of hydrogen-bond donors (Lipinski definition) is 1. The molecule has 3 fully saturated rings. The lowest BCUT2D eigenvalue weighted by molar-refractivity contribution is -0.151. The van der Waals surface area contributed by atoms with Gasteiger partial charge in [-0.2, -0.15) is 0 Å². The Balaban J connectivity index is 1.49. The average Bonchev–Trinajstić information content (AvgIpc) is 3.13. The van der Waals surface area contributed by atoms with Crippen LogP contribution in [0.3, 0.4) is 0 Å². The normalized spacial score (nSPS) is 35.6. The number of carbonyl (C=O) groups is 3. The summed E-state index contributed by atoms with van der Waals surface area (Å²) in [4.78, 5) is 35.4. The minimum atomic E-state index is -1.05. The van der Waals surface area contributed by atoms with Crippen molar-refractivity contribution >= 4 is 40.7 Å². The quantitative estimate of drug-likeness (QED) is 0.433. The van der Waals surface area contributed by atoms with E-state index in [0.717, 1.165) is 3.57 Å². The highest BCUT2D eigenvalue weighted by Crippen LogP contribution is 2.58. The molecule has 7 nitrogen and oxygen atoms in total. The fourth-order valence-corrected chi connectivity index (χ4v) is 4.58. The van der Waals surface area contributed by atoms with Crippen LogP contribution in [0.1, 0.15) is 6.42 Å². The lowest BCUT2D eigenvalue weighted by Gasteiger charge is -2.28. The smallest absolute Gasteiger partial charge is 0.481 e. The van der Waals surface area contributed by atoms with E-state index < -0.39 is 48.1 Å². The van der Waals surface area contributed by atoms with Crippen molar-refractivity contribution in [1.29, 1.82) is 0 Å². The molecule has 0 spiro atoms. The van der Waals surface area contributed by atoms with E-state index in [1.165, 1.54) is 0 Å². The van der Waals surface area contributed by atoms with E-state index >= 15 is 0 Å². The van der Waals surface area contributed by atoms with E-state index in [1.54, 1.807) is 24.3 Å². The van der Waals surface area contributed by atoms with Gasteiger partial charge in [0.05, 0.1) is 11.8 Å². The SMILES string of the molecule is O=C(Oc1ccc(I)cc1)OC1C2CC3C1OC(=O)C3C2C(=O)O. The van der Waals surface area contributed by atoms with Crippen molar-refractivity contribution in [2.75, 3.05) is 0 Å². The van der Waals surface area contributed by atoms with Gasteiger partial charge in [0.25, 0.3) is 0 Å². The van der Waals surface area contributed by atoms with Gasteiger partial charge in [0.2, 0.25) is 0 Å². The molecule has 24 heavy (non-hydrogen) atoms. The van der Waals surface area contributed by atoms with Crippen LogP contribution in [-0.4, -0.2) is 35.4 Å². The van der Waals surface area contributed by atoms with Crippen molar-refractivity contribution in [2.45, 2.75) is 18.6 Å². The predicted octanol–water partition coefficient (Wildman–Crippen LogP) is 2.07. The van der Waals surface area contributed by atoms with Crippen LogP contribution in [0.25, 0.3) is 0 Å². The summed E-state index contributed by atoms with van der Waals surface area (Å²) >= 11 is 2.13. The van der Waals surface area contributed by atoms with Crippen LogP contribution in [-0.2, 0) is 19.1 Å². The number of halogens is 1. The van der Waals surface area contributed by atoms with E-state index in [2.05, 4.69) is 22.6 Å². The Kier molecular flexibility index (Phi) is 3.66. The largest absolute Gasteiger partial charge is 0.514 e. The van der Waals surface area contributed by atoms with Crippen LogP contribution in [0.2, 0.25) is 0 Å². The Morgan fingerprint density at radius 3 is 2.58 bits per heavy atom. The Labute approximate surface area is 150 Å². The molecule has 126 valence electrons. The van der Waals surface area contributed by atoms with Gasteiger partial charge in [-0.1, -0.05) is 0 Å². The summed E-state index contributed by atoms with van der Waals surface area (Å²) in [6.45, 7) is 0. The number of carboxylic acids is 1. The van der Waals surface area contributed by atoms with Crippen LogP contribution >= 0.6 is 22.6 Å². The molecule has 1 saturated heterocycles. The maximum absolute atomic E-state index is 12.0. The Morgan fingerprint density at radius 1 is 1.21 bits per heavy atom. The molecule has 1 N–H and O–H groups in total. The second kappa shape index (κ2) is 5.61. The topological polar surface area (TPSA) is 99.1 Å². The van der Waals surface area contributed by atoms with Gasteiger partial charge in [-0.15, -0.1) is 0 Å². The van der Waals surface area contributed by atoms with Gasteiger partial charge < -0.3 is 19.3 Å². The monoisotopic (exact) mass is 444 g/mol. The van der Waals surface area contributed by atoms with Gasteiger partial charge >= 0.3 is 18.1 Å². The van der Waals surface area contributed by atoms with Crippen LogP contribution in [0, 0.1) is 27.2 Å². The molecular weight excluding hydrogens is 431 g/mol. The molecule has 1 aromatic carbocycles. The molecule has 1 aromatic rings. The van der Waals surface area contributed by atoms with Gasteiger partial charge in [-0.05, 0) is 53.3 Å². The van der Waals surface area contributed by atoms with Crippen molar-refractivity contribution in [3.8, 4) is 5.75 Å². The molecule has 6 atom stereocenters. The molecule has 8 heteroatoms. The standard InChI is InChI=1S/C16H13IO7/c17-6-1-3-7(4-2-6)22-16(21)24-13-8-5-9-11(10(8)14(18)19)15(20)23-12(9)13/h1-4,8-13H,5H2,(H,18,19). The number of ether oxygens (including phenoxy) is 3. The molecule has 1 heterocycles. The first-order valence-corrected chi connectivity index (χ1v) is 8.61. The van der Waals surface area contributed by atoms with Crippen molar-refractivity contribution in [3.63, 3.8) is 0 Å². The van der Waals surface area contributed by atoms with Crippen molar-refractivity contribution in [2.24, 2.45) is 23.7 Å². The molecule has 0 aromatic heterocycles. The highest BCUT2D eigenvalue weighted by molar-refractivity contribution is 14.1. The number of esters is 1. The van der Waals surface area contributed by atoms with Gasteiger partial charge in [0.15, 0.2) is 0 Å². The number of carboxylic acid groups (broad SMARTS) is 1. The first-order chi connectivity index (χ1) is 11.5. The van der Waals surface area contributed by atoms with E-state index in [0.29, 0.717) is 12.2 Å². The van der Waals surface area contributed by atoms with Gasteiger partial charge in [-0.25, -0.2) is 4.79 Å². The van der Waals surface area contributed by atoms with Gasteiger partial charge in [0.1, 0.15) is 18.0 Å². The highest BCUT2D eigenvalue weighted by Gasteiger charge is 2.70. The summed E-state index contributed by atoms with van der Waals surface area (Å²) in [6.07, 6.45) is -1.74. The molecule has 3 aliphatic rings. The van der Waals surface area contributed by atoms with Crippen molar-refractivity contribution < 1.29 is 33.7 Å². The second-order valence-electron chi connectivity index (χ2n) is 6.24. The van der Waals surface area contributed by atoms with E-state index in [4.69, 9.17) is 14.2 Å². The number of fused-ring (bicyclic) bond motifs is 1. The zero-order valence-corrected chi connectivity index (χ0v) is 14.4. The maximum atomic E-state index is 12.0. The summed E-state index contributed by atoms with van der Waals surface area (Å²) in [5.74, 6) is -3.32. The van der Waals surface area contributed by atoms with E-state index in [-0.39, 0.29) is 5.92 Å². The zero-order valence-electron chi connectivity index (χ0n) is 12.3. The molecule has 1 aliphatic heterocycles. The summed E-state index contributed by atoms with van der Waals surface area (Å²) in [5, 5.41) is 9.41. The third kappa shape index (κ3) is 2.35. The molecule has 0 amide bonds. The fraction of sp³-hybridized carbons (Fsp3) is 0.438. The average molecular weight is 444 g/mol. The van der Waals surface area contributed by atoms with Crippen molar-refractivity contribution in [3.05, 3.63) is 27.8 Å². The lowest BCUT2D eigenvalue weighted by Crippen LogP contribution is -2.43. The number of benzene rings is 1. The Morgan fingerprint density at radius 2 is 1.92 bits per heavy atom. The summed E-state index contributed by atoms with van der Waals surface area (Å²) in [5.41, 5.74) is 0. The fourth-order valence-electron chi connectivity index (χ4n) is 4.22. The summed E-state index contributed by atoms with van der Waals surface area (Å²) in [7, 11) is 0. The summed E-state index contributed by atoms with van der Waals surface area (Å²) in [6, 6.07) is 6.83.